The van der Waals surface area contributed by atoms with Crippen LogP contribution in [0, 0.1) is 0 Å². The quantitative estimate of drug-likeness (QED) is 0.745. The zero-order chi connectivity index (χ0) is 11.5. The fraction of sp³-hybridized carbons (Fsp3) is 1.00. The molecule has 1 atom stereocenters. The van der Waals surface area contributed by atoms with Gasteiger partial charge >= 0.3 is 0 Å². The van der Waals surface area contributed by atoms with Crippen molar-refractivity contribution in [2.24, 2.45) is 5.73 Å². The molecule has 0 amide bonds. The molecule has 15 heavy (non-hydrogen) atoms. The third kappa shape index (κ3) is 3.41. The van der Waals surface area contributed by atoms with E-state index in [0.717, 1.165) is 19.3 Å². The van der Waals surface area contributed by atoms with Gasteiger partial charge < -0.3 is 5.73 Å². The first-order chi connectivity index (χ1) is 6.94. The second-order valence-corrected chi connectivity index (χ2v) is 6.26. The van der Waals surface area contributed by atoms with Crippen LogP contribution in [0.4, 0.5) is 0 Å². The van der Waals surface area contributed by atoms with Crippen molar-refractivity contribution in [3.05, 3.63) is 0 Å². The van der Waals surface area contributed by atoms with Crippen LogP contribution in [0.25, 0.3) is 0 Å². The van der Waals surface area contributed by atoms with E-state index in [9.17, 15) is 8.42 Å². The summed E-state index contributed by atoms with van der Waals surface area (Å²) >= 11 is 0. The Labute approximate surface area is 92.4 Å². The minimum Gasteiger partial charge on any atom is -0.327 e. The van der Waals surface area contributed by atoms with Crippen molar-refractivity contribution in [3.63, 3.8) is 0 Å². The van der Waals surface area contributed by atoms with Gasteiger partial charge in [-0.1, -0.05) is 6.42 Å². The summed E-state index contributed by atoms with van der Waals surface area (Å²) in [6, 6.07) is -0.130. The van der Waals surface area contributed by atoms with E-state index in [1.165, 1.54) is 4.31 Å². The summed E-state index contributed by atoms with van der Waals surface area (Å²) in [6.07, 6.45) is 3.06. The molecule has 1 fully saturated rings. The molecule has 1 aliphatic heterocycles. The van der Waals surface area contributed by atoms with E-state index in [1.54, 1.807) is 11.4 Å². The Kier molecular flexibility index (Phi) is 4.51. The van der Waals surface area contributed by atoms with Crippen LogP contribution < -0.4 is 5.73 Å². The van der Waals surface area contributed by atoms with E-state index < -0.39 is 10.2 Å². The molecule has 0 aliphatic carbocycles. The maximum absolute atomic E-state index is 12.0. The molecule has 0 saturated carbocycles. The molecule has 0 aromatic heterocycles. The molecule has 1 rings (SSSR count). The Morgan fingerprint density at radius 1 is 1.33 bits per heavy atom. The predicted molar refractivity (Wildman–Crippen MR) is 60.6 cm³/mol. The standard InChI is InChI=1S/C9H21N3O2S/c1-9(10)8-11(2)15(13,14)12-6-4-3-5-7-12/h9H,3-8,10H2,1-2H3. The molecule has 0 spiro atoms. The molecule has 1 heterocycles. The van der Waals surface area contributed by atoms with Gasteiger partial charge in [0.25, 0.3) is 10.2 Å². The smallest absolute Gasteiger partial charge is 0.281 e. The van der Waals surface area contributed by atoms with Crippen molar-refractivity contribution in [1.82, 2.24) is 8.61 Å². The molecule has 1 saturated heterocycles. The van der Waals surface area contributed by atoms with E-state index in [1.807, 2.05) is 6.92 Å². The monoisotopic (exact) mass is 235 g/mol. The first kappa shape index (κ1) is 12.9. The van der Waals surface area contributed by atoms with Gasteiger partial charge in [0, 0.05) is 32.7 Å². The summed E-state index contributed by atoms with van der Waals surface area (Å²) in [5.41, 5.74) is 5.59. The van der Waals surface area contributed by atoms with Crippen molar-refractivity contribution in [2.75, 3.05) is 26.7 Å². The van der Waals surface area contributed by atoms with Gasteiger partial charge in [-0.15, -0.1) is 0 Å². The van der Waals surface area contributed by atoms with Crippen LogP contribution >= 0.6 is 0 Å². The van der Waals surface area contributed by atoms with Crippen LogP contribution in [-0.4, -0.2) is 49.8 Å². The van der Waals surface area contributed by atoms with E-state index >= 15 is 0 Å². The minimum absolute atomic E-state index is 0.130. The van der Waals surface area contributed by atoms with Crippen LogP contribution in [0.3, 0.4) is 0 Å². The number of hydrogen-bond acceptors (Lipinski definition) is 3. The second-order valence-electron chi connectivity index (χ2n) is 4.23. The summed E-state index contributed by atoms with van der Waals surface area (Å²) in [4.78, 5) is 0. The molecule has 2 N–H and O–H groups in total. The molecule has 0 radical (unpaired) electrons. The van der Waals surface area contributed by atoms with Gasteiger partial charge in [0.15, 0.2) is 0 Å². The fourth-order valence-electron chi connectivity index (χ4n) is 1.79. The average Bonchev–Trinajstić information content (AvgIpc) is 2.18. The van der Waals surface area contributed by atoms with E-state index in [0.29, 0.717) is 19.6 Å². The third-order valence-electron chi connectivity index (χ3n) is 2.58. The number of likely N-dealkylation sites (N-methyl/N-ethyl adjacent to an activating group) is 1. The topological polar surface area (TPSA) is 66.6 Å². The largest absolute Gasteiger partial charge is 0.327 e. The molecule has 5 nitrogen and oxygen atoms in total. The molecule has 0 aromatic rings. The lowest BCUT2D eigenvalue weighted by Crippen LogP contribution is -2.47. The molecule has 1 aliphatic rings. The van der Waals surface area contributed by atoms with E-state index in [2.05, 4.69) is 0 Å². The van der Waals surface area contributed by atoms with E-state index in [-0.39, 0.29) is 6.04 Å². The van der Waals surface area contributed by atoms with Crippen molar-refractivity contribution < 1.29 is 8.42 Å². The summed E-state index contributed by atoms with van der Waals surface area (Å²) < 4.78 is 26.9. The predicted octanol–water partition coefficient (Wildman–Crippen LogP) is -0.00390. The Balaban J connectivity index is 2.63. The Bertz CT molecular complexity index is 284. The van der Waals surface area contributed by atoms with Crippen molar-refractivity contribution in [1.29, 1.82) is 0 Å². The Morgan fingerprint density at radius 2 is 1.87 bits per heavy atom. The zero-order valence-electron chi connectivity index (χ0n) is 9.52. The first-order valence-corrected chi connectivity index (χ1v) is 6.81. The van der Waals surface area contributed by atoms with Crippen molar-refractivity contribution in [2.45, 2.75) is 32.2 Å². The van der Waals surface area contributed by atoms with Crippen LogP contribution in [-0.2, 0) is 10.2 Å². The molecule has 90 valence electrons. The van der Waals surface area contributed by atoms with Crippen LogP contribution in [0.1, 0.15) is 26.2 Å². The lowest BCUT2D eigenvalue weighted by molar-refractivity contribution is 0.312. The lowest BCUT2D eigenvalue weighted by atomic mass is 10.2. The maximum atomic E-state index is 12.0. The van der Waals surface area contributed by atoms with Crippen LogP contribution in [0.15, 0.2) is 0 Å². The highest BCUT2D eigenvalue weighted by atomic mass is 32.2. The Morgan fingerprint density at radius 3 is 2.33 bits per heavy atom. The molecule has 1 unspecified atom stereocenters. The van der Waals surface area contributed by atoms with Gasteiger partial charge in [0.05, 0.1) is 0 Å². The SMILES string of the molecule is CC(N)CN(C)S(=O)(=O)N1CCCCC1. The molecular weight excluding hydrogens is 214 g/mol. The van der Waals surface area contributed by atoms with Crippen molar-refractivity contribution >= 4 is 10.2 Å². The molecule has 0 bridgehead atoms. The summed E-state index contributed by atoms with van der Waals surface area (Å²) in [5.74, 6) is 0. The summed E-state index contributed by atoms with van der Waals surface area (Å²) in [7, 11) is -1.68. The lowest BCUT2D eigenvalue weighted by Gasteiger charge is -2.30. The van der Waals surface area contributed by atoms with Crippen molar-refractivity contribution in [3.8, 4) is 0 Å². The molecule has 0 aromatic carbocycles. The number of nitrogens with zero attached hydrogens (tertiary/aromatic N) is 2. The summed E-state index contributed by atoms with van der Waals surface area (Å²) in [6.45, 7) is 3.47. The van der Waals surface area contributed by atoms with Gasteiger partial charge in [-0.3, -0.25) is 0 Å². The highest BCUT2D eigenvalue weighted by molar-refractivity contribution is 7.86. The van der Waals surface area contributed by atoms with Gasteiger partial charge in [0.1, 0.15) is 0 Å². The number of rotatable bonds is 4. The number of piperidine rings is 1. The number of hydrogen-bond donors (Lipinski definition) is 1. The van der Waals surface area contributed by atoms with E-state index in [4.69, 9.17) is 5.73 Å². The molecular formula is C9H21N3O2S. The fourth-order valence-corrected chi connectivity index (χ4v) is 3.33. The van der Waals surface area contributed by atoms with Gasteiger partial charge in [-0.25, -0.2) is 0 Å². The minimum atomic E-state index is -3.27. The van der Waals surface area contributed by atoms with Gasteiger partial charge in [-0.05, 0) is 19.8 Å². The highest BCUT2D eigenvalue weighted by Gasteiger charge is 2.28. The van der Waals surface area contributed by atoms with Crippen LogP contribution in [0.5, 0.6) is 0 Å². The zero-order valence-corrected chi connectivity index (χ0v) is 10.3. The summed E-state index contributed by atoms with van der Waals surface area (Å²) in [5, 5.41) is 0. The normalized spacial score (nSPS) is 21.9. The molecule has 6 heteroatoms. The number of nitrogens with two attached hydrogens (primary N) is 1. The maximum Gasteiger partial charge on any atom is 0.281 e. The Hall–Kier alpha value is -0.170. The van der Waals surface area contributed by atoms with Crippen LogP contribution in [0.2, 0.25) is 0 Å². The third-order valence-corrected chi connectivity index (χ3v) is 4.53. The average molecular weight is 235 g/mol. The van der Waals surface area contributed by atoms with Gasteiger partial charge in [0.2, 0.25) is 0 Å². The second kappa shape index (κ2) is 5.25. The van der Waals surface area contributed by atoms with Gasteiger partial charge in [-0.2, -0.15) is 17.0 Å². The highest BCUT2D eigenvalue weighted by Crippen LogP contribution is 2.15. The first-order valence-electron chi connectivity index (χ1n) is 5.41.